The van der Waals surface area contributed by atoms with E-state index in [4.69, 9.17) is 23.2 Å². The molecule has 36 valence electrons. The van der Waals surface area contributed by atoms with Gasteiger partial charge in [0.1, 0.15) is 0 Å². The van der Waals surface area contributed by atoms with E-state index in [1.54, 1.807) is 0 Å². The highest BCUT2D eigenvalue weighted by Gasteiger charge is 1.41. The summed E-state index contributed by atoms with van der Waals surface area (Å²) in [7, 11) is 0. The van der Waals surface area contributed by atoms with Gasteiger partial charge in [-0.15, -0.1) is 23.2 Å². The molecule has 0 fully saturated rings. The maximum absolute atomic E-state index is 4.76. The largest absolute Gasteiger partial charge is 1.00 e. The van der Waals surface area contributed by atoms with Crippen molar-refractivity contribution in [2.75, 3.05) is 5.34 Å². The fraction of sp³-hybridized carbons (Fsp3) is 1.00. The molecule has 0 amide bonds. The molecule has 1 unspecified atom stereocenters. The molecule has 0 spiro atoms. The maximum atomic E-state index is 4.76. The summed E-state index contributed by atoms with van der Waals surface area (Å²) in [5.74, 6) is 0. The zero-order valence-corrected chi connectivity index (χ0v) is 7.11. The summed E-state index contributed by atoms with van der Waals surface area (Å²) < 4.78 is 0. The molecule has 0 heterocycles. The molecule has 0 saturated heterocycles. The fourth-order valence-corrected chi connectivity index (χ4v) is 0. The molecule has 0 rings (SSSR count). The SMILES string of the molecule is ClCCl.[Cl-].[PH4+]. The van der Waals surface area contributed by atoms with Crippen molar-refractivity contribution in [1.29, 1.82) is 0 Å². The Morgan fingerprint density at radius 2 is 1.20 bits per heavy atom. The van der Waals surface area contributed by atoms with Crippen LogP contribution in [0.3, 0.4) is 0 Å². The van der Waals surface area contributed by atoms with Gasteiger partial charge in [-0.3, -0.25) is 0 Å². The van der Waals surface area contributed by atoms with Crippen LogP contribution in [0.25, 0.3) is 0 Å². The van der Waals surface area contributed by atoms with Crippen LogP contribution in [0.5, 0.6) is 0 Å². The number of halogens is 3. The van der Waals surface area contributed by atoms with Crippen LogP contribution in [0.2, 0.25) is 0 Å². The summed E-state index contributed by atoms with van der Waals surface area (Å²) in [6, 6.07) is 0. The van der Waals surface area contributed by atoms with Gasteiger partial charge in [0, 0.05) is 0 Å². The van der Waals surface area contributed by atoms with Gasteiger partial charge >= 0.3 is 0 Å². The standard InChI is InChI=1S/CH2Cl2.ClH.H3P/c2-1-3;;/h1H2;1H;1H3. The highest BCUT2D eigenvalue weighted by molar-refractivity contribution is 6.92. The molecule has 4 heteroatoms. The summed E-state index contributed by atoms with van der Waals surface area (Å²) in [6.45, 7) is 0. The number of hydrogen-bond acceptors (Lipinski definition) is 0. The molecular formula is CH6Cl3P. The maximum Gasteiger partial charge on any atom is 0.0967 e. The molecule has 0 aromatic heterocycles. The molecule has 0 aliphatic heterocycles. The first-order chi connectivity index (χ1) is 1.41. The minimum atomic E-state index is 0. The average Bonchev–Trinajstić information content (AvgIpc) is 0.918. The van der Waals surface area contributed by atoms with Crippen LogP contribution >= 0.6 is 33.1 Å². The van der Waals surface area contributed by atoms with E-state index in [9.17, 15) is 0 Å². The van der Waals surface area contributed by atoms with Gasteiger partial charge in [-0.05, 0) is 9.90 Å². The quantitative estimate of drug-likeness (QED) is 0.287. The lowest BCUT2D eigenvalue weighted by Crippen LogP contribution is -3.00. The molecule has 0 bridgehead atoms. The second-order valence-corrected chi connectivity index (χ2v) is 0.909. The summed E-state index contributed by atoms with van der Waals surface area (Å²) in [5, 5.41) is 0.194. The van der Waals surface area contributed by atoms with Crippen LogP contribution in [-0.2, 0) is 0 Å². The van der Waals surface area contributed by atoms with E-state index >= 15 is 0 Å². The van der Waals surface area contributed by atoms with Gasteiger partial charge in [-0.25, -0.2) is 0 Å². The molecule has 0 N–H and O–H groups in total. The molecule has 0 aromatic carbocycles. The smallest absolute Gasteiger partial charge is 0.0967 e. The predicted octanol–water partition coefficient (Wildman–Crippen LogP) is -1.78. The van der Waals surface area contributed by atoms with E-state index in [-0.39, 0.29) is 27.6 Å². The molecule has 0 aliphatic rings. The Hall–Kier alpha value is 1.30. The van der Waals surface area contributed by atoms with Crippen LogP contribution < -0.4 is 12.4 Å². The zero-order chi connectivity index (χ0) is 2.71. The summed E-state index contributed by atoms with van der Waals surface area (Å²) >= 11 is 9.53. The van der Waals surface area contributed by atoms with Crippen molar-refractivity contribution in [3.05, 3.63) is 0 Å². The van der Waals surface area contributed by atoms with Crippen molar-refractivity contribution in [3.63, 3.8) is 0 Å². The lowest BCUT2D eigenvalue weighted by molar-refractivity contribution is -0.000000666. The first-order valence-electron chi connectivity index (χ1n) is 0.535. The Morgan fingerprint density at radius 1 is 1.20 bits per heavy atom. The van der Waals surface area contributed by atoms with E-state index < -0.39 is 0 Å². The van der Waals surface area contributed by atoms with Crippen LogP contribution in [0.1, 0.15) is 0 Å². The second kappa shape index (κ2) is 18.5. The molecule has 0 aromatic rings. The van der Waals surface area contributed by atoms with Crippen molar-refractivity contribution in [3.8, 4) is 0 Å². The Kier molecular flexibility index (Phi) is 60.2. The Morgan fingerprint density at radius 3 is 1.20 bits per heavy atom. The Labute approximate surface area is 51.2 Å². The molecular weight excluding hydrogens is 149 g/mol. The van der Waals surface area contributed by atoms with Crippen molar-refractivity contribution < 1.29 is 12.4 Å². The monoisotopic (exact) mass is 154 g/mol. The summed E-state index contributed by atoms with van der Waals surface area (Å²) in [6.07, 6.45) is 0. The van der Waals surface area contributed by atoms with E-state index in [2.05, 4.69) is 0 Å². The van der Waals surface area contributed by atoms with Gasteiger partial charge < -0.3 is 12.4 Å². The van der Waals surface area contributed by atoms with Crippen molar-refractivity contribution in [2.45, 2.75) is 0 Å². The van der Waals surface area contributed by atoms with Crippen LogP contribution in [0, 0.1) is 0 Å². The molecule has 5 heavy (non-hydrogen) atoms. The van der Waals surface area contributed by atoms with E-state index in [0.717, 1.165) is 0 Å². The van der Waals surface area contributed by atoms with Crippen molar-refractivity contribution in [1.82, 2.24) is 0 Å². The minimum Gasteiger partial charge on any atom is -1.00 e. The minimum absolute atomic E-state index is 0. The van der Waals surface area contributed by atoms with Crippen LogP contribution in [-0.4, -0.2) is 5.34 Å². The number of hydrogen-bond donors (Lipinski definition) is 0. The summed E-state index contributed by atoms with van der Waals surface area (Å²) in [4.78, 5) is 0. The Balaban J connectivity index is -0.0000000200. The highest BCUT2D eigenvalue weighted by Crippen LogP contribution is 1.73. The van der Waals surface area contributed by atoms with E-state index in [1.165, 1.54) is 0 Å². The third-order valence-electron chi connectivity index (χ3n) is 0. The first kappa shape index (κ1) is 16.3. The fourth-order valence-electron chi connectivity index (χ4n) is 0. The predicted molar refractivity (Wildman–Crippen MR) is 29.1 cm³/mol. The van der Waals surface area contributed by atoms with Crippen LogP contribution in [0.4, 0.5) is 0 Å². The van der Waals surface area contributed by atoms with Gasteiger partial charge in [-0.2, -0.15) is 0 Å². The van der Waals surface area contributed by atoms with Gasteiger partial charge in [0.05, 0.1) is 5.34 Å². The summed E-state index contributed by atoms with van der Waals surface area (Å²) in [5.41, 5.74) is 0. The third-order valence-corrected chi connectivity index (χ3v) is 0. The molecule has 0 nitrogen and oxygen atoms in total. The van der Waals surface area contributed by atoms with Gasteiger partial charge in [0.15, 0.2) is 0 Å². The van der Waals surface area contributed by atoms with Gasteiger partial charge in [0.25, 0.3) is 0 Å². The molecule has 0 radical (unpaired) electrons. The lowest BCUT2D eigenvalue weighted by Gasteiger charge is -1.42. The van der Waals surface area contributed by atoms with Crippen molar-refractivity contribution in [2.24, 2.45) is 0 Å². The van der Waals surface area contributed by atoms with Gasteiger partial charge in [0.2, 0.25) is 0 Å². The Bertz CT molecular complexity index is 6.85. The van der Waals surface area contributed by atoms with E-state index in [1.807, 2.05) is 0 Å². The topological polar surface area (TPSA) is 0 Å². The molecule has 0 saturated carbocycles. The second-order valence-electron chi connectivity index (χ2n) is 0.101. The highest BCUT2D eigenvalue weighted by atomic mass is 35.5. The zero-order valence-electron chi connectivity index (χ0n) is 2.84. The van der Waals surface area contributed by atoms with Gasteiger partial charge in [-0.1, -0.05) is 0 Å². The first-order valence-corrected chi connectivity index (χ1v) is 1.60. The molecule has 1 atom stereocenters. The molecule has 0 aliphatic carbocycles. The van der Waals surface area contributed by atoms with Crippen LogP contribution in [0.15, 0.2) is 0 Å². The lowest BCUT2D eigenvalue weighted by atomic mass is 11.9. The number of alkyl halides is 2. The average molecular weight is 155 g/mol. The normalized spacial score (nSPS) is 3.60. The van der Waals surface area contributed by atoms with Crippen molar-refractivity contribution >= 4 is 33.1 Å². The third kappa shape index (κ3) is 34.2. The number of rotatable bonds is 0. The van der Waals surface area contributed by atoms with E-state index in [0.29, 0.717) is 0 Å².